The monoisotopic (exact) mass is 358 g/mol. The first-order chi connectivity index (χ1) is 11.9. The molecule has 1 saturated heterocycles. The summed E-state index contributed by atoms with van der Waals surface area (Å²) in [5.41, 5.74) is 3.68. The van der Waals surface area contributed by atoms with Gasteiger partial charge in [-0.1, -0.05) is 29.8 Å². The number of hydrogen-bond donors (Lipinski definition) is 2. The Morgan fingerprint density at radius 3 is 2.60 bits per heavy atom. The number of carboxylic acid groups (broad SMARTS) is 1. The summed E-state index contributed by atoms with van der Waals surface area (Å²) in [6, 6.07) is 13.1. The van der Waals surface area contributed by atoms with E-state index in [2.05, 4.69) is 5.32 Å². The third-order valence-electron chi connectivity index (χ3n) is 4.45. The van der Waals surface area contributed by atoms with E-state index in [9.17, 15) is 9.59 Å². The molecule has 1 unspecified atom stereocenters. The van der Waals surface area contributed by atoms with Crippen LogP contribution in [0.1, 0.15) is 12.0 Å². The van der Waals surface area contributed by atoms with Crippen molar-refractivity contribution in [3.63, 3.8) is 0 Å². The molecule has 0 spiro atoms. The Labute approximate surface area is 151 Å². The van der Waals surface area contributed by atoms with Crippen molar-refractivity contribution in [2.75, 3.05) is 18.4 Å². The Balaban J connectivity index is 1.71. The fraction of sp³-hybridized carbons (Fsp3) is 0.263. The maximum absolute atomic E-state index is 12.3. The van der Waals surface area contributed by atoms with Crippen LogP contribution in [-0.4, -0.2) is 35.1 Å². The molecule has 1 atom stereocenters. The average molecular weight is 359 g/mol. The van der Waals surface area contributed by atoms with E-state index in [0.717, 1.165) is 22.4 Å². The van der Waals surface area contributed by atoms with Crippen molar-refractivity contribution in [1.82, 2.24) is 4.90 Å². The minimum atomic E-state index is -0.850. The van der Waals surface area contributed by atoms with Gasteiger partial charge in [0.1, 0.15) is 0 Å². The molecule has 0 bridgehead atoms. The van der Waals surface area contributed by atoms with Gasteiger partial charge in [-0.05, 0) is 54.3 Å². The molecule has 0 aromatic heterocycles. The largest absolute Gasteiger partial charge is 0.481 e. The number of aryl methyl sites for hydroxylation is 1. The summed E-state index contributed by atoms with van der Waals surface area (Å²) < 4.78 is 0. The number of nitrogens with zero attached hydrogens (tertiary/aromatic N) is 1. The minimum Gasteiger partial charge on any atom is -0.481 e. The Morgan fingerprint density at radius 2 is 1.96 bits per heavy atom. The normalized spacial score (nSPS) is 16.7. The zero-order valence-electron chi connectivity index (χ0n) is 13.8. The molecular formula is C19H19ClN2O3. The highest BCUT2D eigenvalue weighted by Crippen LogP contribution is 2.27. The van der Waals surface area contributed by atoms with Gasteiger partial charge in [0, 0.05) is 23.8 Å². The van der Waals surface area contributed by atoms with Crippen molar-refractivity contribution in [3.05, 3.63) is 53.1 Å². The smallest absolute Gasteiger partial charge is 0.321 e. The Bertz CT molecular complexity index is 822. The predicted octanol–water partition coefficient (Wildman–Crippen LogP) is 4.25. The third kappa shape index (κ3) is 3.94. The van der Waals surface area contributed by atoms with Gasteiger partial charge in [-0.3, -0.25) is 4.79 Å². The highest BCUT2D eigenvalue weighted by molar-refractivity contribution is 6.30. The van der Waals surface area contributed by atoms with Crippen molar-refractivity contribution in [2.45, 2.75) is 13.3 Å². The van der Waals surface area contributed by atoms with Gasteiger partial charge >= 0.3 is 12.0 Å². The molecule has 1 fully saturated rings. The van der Waals surface area contributed by atoms with Crippen molar-refractivity contribution < 1.29 is 14.7 Å². The molecule has 2 amide bonds. The number of aliphatic carboxylic acids is 1. The van der Waals surface area contributed by atoms with Crippen molar-refractivity contribution in [3.8, 4) is 11.1 Å². The highest BCUT2D eigenvalue weighted by atomic mass is 35.5. The summed E-state index contributed by atoms with van der Waals surface area (Å²) in [6.45, 7) is 2.64. The number of amides is 2. The molecule has 0 aliphatic carbocycles. The average Bonchev–Trinajstić information content (AvgIpc) is 3.07. The second kappa shape index (κ2) is 7.15. The molecule has 0 saturated carbocycles. The van der Waals surface area contributed by atoms with Gasteiger partial charge in [-0.25, -0.2) is 4.79 Å². The number of likely N-dealkylation sites (tertiary alicyclic amines) is 1. The molecule has 3 rings (SSSR count). The van der Waals surface area contributed by atoms with Crippen LogP contribution in [0.5, 0.6) is 0 Å². The number of benzene rings is 2. The molecule has 1 heterocycles. The van der Waals surface area contributed by atoms with Crippen LogP contribution in [0.3, 0.4) is 0 Å². The third-order valence-corrected chi connectivity index (χ3v) is 4.69. The van der Waals surface area contributed by atoms with Crippen molar-refractivity contribution in [2.24, 2.45) is 5.92 Å². The van der Waals surface area contributed by atoms with E-state index >= 15 is 0 Å². The van der Waals surface area contributed by atoms with Crippen LogP contribution >= 0.6 is 11.6 Å². The van der Waals surface area contributed by atoms with E-state index < -0.39 is 11.9 Å². The Morgan fingerprint density at radius 1 is 1.20 bits per heavy atom. The Hall–Kier alpha value is -2.53. The van der Waals surface area contributed by atoms with Crippen LogP contribution < -0.4 is 5.32 Å². The van der Waals surface area contributed by atoms with Crippen molar-refractivity contribution >= 4 is 29.3 Å². The summed E-state index contributed by atoms with van der Waals surface area (Å²) >= 11 is 6.04. The first-order valence-corrected chi connectivity index (χ1v) is 8.47. The SMILES string of the molecule is Cc1cc(-c2cccc(Cl)c2)ccc1NC(=O)N1CCC(C(=O)O)C1. The van der Waals surface area contributed by atoms with E-state index in [4.69, 9.17) is 16.7 Å². The van der Waals surface area contributed by atoms with E-state index in [1.165, 1.54) is 0 Å². The predicted molar refractivity (Wildman–Crippen MR) is 98.0 cm³/mol. The standard InChI is InChI=1S/C19H19ClN2O3/c1-12-9-14(13-3-2-4-16(20)10-13)5-6-17(12)21-19(25)22-8-7-15(11-22)18(23)24/h2-6,9-10,15H,7-8,11H2,1H3,(H,21,25)(H,23,24). The second-order valence-corrected chi connectivity index (χ2v) is 6.68. The first-order valence-electron chi connectivity index (χ1n) is 8.09. The zero-order chi connectivity index (χ0) is 18.0. The van der Waals surface area contributed by atoms with E-state index in [1.54, 1.807) is 4.90 Å². The molecular weight excluding hydrogens is 340 g/mol. The van der Waals surface area contributed by atoms with Crippen LogP contribution in [0.25, 0.3) is 11.1 Å². The molecule has 5 nitrogen and oxygen atoms in total. The number of hydrogen-bond acceptors (Lipinski definition) is 2. The molecule has 1 aliphatic rings. The van der Waals surface area contributed by atoms with Crippen LogP contribution in [0.4, 0.5) is 10.5 Å². The van der Waals surface area contributed by atoms with Gasteiger partial charge < -0.3 is 15.3 Å². The summed E-state index contributed by atoms with van der Waals surface area (Å²) in [5.74, 6) is -1.32. The number of halogens is 1. The Kier molecular flexibility index (Phi) is 4.95. The van der Waals surface area contributed by atoms with Crippen LogP contribution in [0.15, 0.2) is 42.5 Å². The van der Waals surface area contributed by atoms with Gasteiger partial charge in [0.15, 0.2) is 0 Å². The number of carbonyl (C=O) groups excluding carboxylic acids is 1. The lowest BCUT2D eigenvalue weighted by atomic mass is 10.0. The summed E-state index contributed by atoms with van der Waals surface area (Å²) in [6.07, 6.45) is 0.495. The lowest BCUT2D eigenvalue weighted by Crippen LogP contribution is -2.34. The minimum absolute atomic E-state index is 0.251. The quantitative estimate of drug-likeness (QED) is 0.861. The van der Waals surface area contributed by atoms with E-state index in [-0.39, 0.29) is 12.6 Å². The molecule has 0 radical (unpaired) electrons. The second-order valence-electron chi connectivity index (χ2n) is 6.24. The molecule has 2 aromatic carbocycles. The molecule has 2 N–H and O–H groups in total. The van der Waals surface area contributed by atoms with Gasteiger partial charge in [0.25, 0.3) is 0 Å². The number of nitrogens with one attached hydrogen (secondary N) is 1. The number of carboxylic acids is 1. The maximum Gasteiger partial charge on any atom is 0.321 e. The maximum atomic E-state index is 12.3. The number of urea groups is 1. The number of rotatable bonds is 3. The first kappa shape index (κ1) is 17.3. The molecule has 6 heteroatoms. The van der Waals surface area contributed by atoms with Crippen LogP contribution in [0, 0.1) is 12.8 Å². The lowest BCUT2D eigenvalue weighted by molar-refractivity contribution is -0.141. The number of carbonyl (C=O) groups is 2. The van der Waals surface area contributed by atoms with Crippen LogP contribution in [0.2, 0.25) is 5.02 Å². The fourth-order valence-corrected chi connectivity index (χ4v) is 3.18. The zero-order valence-corrected chi connectivity index (χ0v) is 14.6. The molecule has 25 heavy (non-hydrogen) atoms. The van der Waals surface area contributed by atoms with E-state index in [0.29, 0.717) is 18.0 Å². The summed E-state index contributed by atoms with van der Waals surface area (Å²) in [5, 5.41) is 12.6. The highest BCUT2D eigenvalue weighted by Gasteiger charge is 2.30. The lowest BCUT2D eigenvalue weighted by Gasteiger charge is -2.18. The van der Waals surface area contributed by atoms with E-state index in [1.807, 2.05) is 49.4 Å². The van der Waals surface area contributed by atoms with Gasteiger partial charge in [-0.15, -0.1) is 0 Å². The topological polar surface area (TPSA) is 69.6 Å². The summed E-state index contributed by atoms with van der Waals surface area (Å²) in [4.78, 5) is 24.9. The number of anilines is 1. The van der Waals surface area contributed by atoms with Crippen molar-refractivity contribution in [1.29, 1.82) is 0 Å². The van der Waals surface area contributed by atoms with Gasteiger partial charge in [0.05, 0.1) is 5.92 Å². The van der Waals surface area contributed by atoms with Gasteiger partial charge in [0.2, 0.25) is 0 Å². The van der Waals surface area contributed by atoms with Gasteiger partial charge in [-0.2, -0.15) is 0 Å². The molecule has 2 aromatic rings. The molecule has 1 aliphatic heterocycles. The molecule has 130 valence electrons. The fourth-order valence-electron chi connectivity index (χ4n) is 2.99. The van der Waals surface area contributed by atoms with Crippen LogP contribution in [-0.2, 0) is 4.79 Å². The summed E-state index contributed by atoms with van der Waals surface area (Å²) in [7, 11) is 0.